The maximum atomic E-state index is 15.9. The first kappa shape index (κ1) is 27.4. The third-order valence-electron chi connectivity index (χ3n) is 8.72. The Labute approximate surface area is 254 Å². The number of fused-ring (bicyclic) bond motifs is 6. The molecule has 0 radical (unpaired) electrons. The second kappa shape index (κ2) is 9.27. The summed E-state index contributed by atoms with van der Waals surface area (Å²) < 4.78 is 22.6. The number of nitriles is 1. The van der Waals surface area contributed by atoms with E-state index in [1.54, 1.807) is 7.85 Å². The zero-order valence-electron chi connectivity index (χ0n) is 25.4. The predicted octanol–water partition coefficient (Wildman–Crippen LogP) is 6.20. The average molecular weight is 578 g/mol. The molecule has 1 aliphatic heterocycles. The van der Waals surface area contributed by atoms with Gasteiger partial charge in [-0.2, -0.15) is 15.3 Å². The lowest BCUT2D eigenvalue weighted by molar-refractivity contribution is 0.529. The van der Waals surface area contributed by atoms with Crippen molar-refractivity contribution < 1.29 is 8.81 Å². The monoisotopic (exact) mass is 578 g/mol. The van der Waals surface area contributed by atoms with Crippen LogP contribution >= 0.6 is 10.0 Å². The number of furan rings is 1. The number of aromatic nitrogens is 1. The molecule has 208 valence electrons. The quantitative estimate of drug-likeness (QED) is 0.230. The van der Waals surface area contributed by atoms with Crippen molar-refractivity contribution in [2.24, 2.45) is 0 Å². The van der Waals surface area contributed by atoms with Crippen molar-refractivity contribution in [1.29, 1.82) is 5.26 Å². The fraction of sp³-hybridized carbons (Fsp3) is 0.167. The lowest BCUT2D eigenvalue weighted by Gasteiger charge is -2.27. The van der Waals surface area contributed by atoms with Gasteiger partial charge in [0.25, 0.3) is 0 Å². The molecule has 0 saturated heterocycles. The van der Waals surface area contributed by atoms with Crippen molar-refractivity contribution >= 4 is 58.7 Å². The first-order valence-electron chi connectivity index (χ1n) is 14.3. The molecule has 2 aromatic heterocycles. The van der Waals surface area contributed by atoms with Crippen LogP contribution in [0.2, 0.25) is 0 Å². The minimum Gasteiger partial charge on any atom is -0.455 e. The molecule has 0 saturated carbocycles. The third-order valence-corrected chi connectivity index (χ3v) is 11.5. The summed E-state index contributed by atoms with van der Waals surface area (Å²) in [5.41, 5.74) is 8.67. The van der Waals surface area contributed by atoms with E-state index in [1.165, 1.54) is 20.9 Å². The Bertz CT molecular complexity index is 2200. The number of hydrogen-bond donors (Lipinski definition) is 0. The van der Waals surface area contributed by atoms with E-state index in [-0.39, 0.29) is 11.2 Å². The van der Waals surface area contributed by atoms with Crippen molar-refractivity contribution in [3.8, 4) is 39.6 Å². The van der Waals surface area contributed by atoms with Gasteiger partial charge in [-0.3, -0.25) is 4.98 Å². The van der Waals surface area contributed by atoms with Crippen LogP contribution in [-0.4, -0.2) is 33.2 Å². The fourth-order valence-electron chi connectivity index (χ4n) is 6.74. The number of nitrogens with zero attached hydrogens (tertiary/aromatic N) is 2. The van der Waals surface area contributed by atoms with E-state index in [0.29, 0.717) is 39.0 Å². The van der Waals surface area contributed by atoms with Crippen molar-refractivity contribution in [2.75, 3.05) is 12.5 Å². The minimum absolute atomic E-state index is 0.227. The highest BCUT2D eigenvalue weighted by Gasteiger charge is 2.33. The molecule has 0 fully saturated rings. The highest BCUT2D eigenvalue weighted by molar-refractivity contribution is 8.33. The summed E-state index contributed by atoms with van der Waals surface area (Å²) in [6, 6.07) is 29.1. The topological polar surface area (TPSA) is 49.8 Å². The molecule has 7 heteroatoms. The number of rotatable bonds is 2. The van der Waals surface area contributed by atoms with E-state index in [4.69, 9.17) is 9.40 Å². The van der Waals surface area contributed by atoms with Crippen LogP contribution in [0.3, 0.4) is 0 Å². The second-order valence-electron chi connectivity index (χ2n) is 12.8. The Hall–Kier alpha value is -4.45. The zero-order chi connectivity index (χ0) is 30.4. The number of halogens is 1. The van der Waals surface area contributed by atoms with Gasteiger partial charge in [0.05, 0.1) is 22.2 Å². The SMILES string of the molecule is Bc1nc(-c2cccc3c2oc2c(-c4ccc5c(c4)S(C)(C)c4c#cccc4-5)c(C#N)ccc23)c(B)c(F)c1C(C)(C)C. The van der Waals surface area contributed by atoms with Gasteiger partial charge in [0, 0.05) is 43.5 Å². The van der Waals surface area contributed by atoms with Gasteiger partial charge in [0.2, 0.25) is 0 Å². The maximum Gasteiger partial charge on any atom is 0.164 e. The van der Waals surface area contributed by atoms with Crippen LogP contribution in [0.15, 0.2) is 74.9 Å². The molecule has 3 nitrogen and oxygen atoms in total. The normalized spacial score (nSPS) is 14.3. The van der Waals surface area contributed by atoms with Crippen LogP contribution in [0.4, 0.5) is 4.39 Å². The second-order valence-corrected chi connectivity index (χ2v) is 16.3. The Balaban J connectivity index is 1.48. The molecule has 43 heavy (non-hydrogen) atoms. The van der Waals surface area contributed by atoms with Gasteiger partial charge in [0.1, 0.15) is 24.8 Å². The van der Waals surface area contributed by atoms with Gasteiger partial charge in [-0.1, -0.05) is 57.2 Å². The molecule has 0 bridgehead atoms. The van der Waals surface area contributed by atoms with Gasteiger partial charge >= 0.3 is 0 Å². The highest BCUT2D eigenvalue weighted by atomic mass is 32.3. The van der Waals surface area contributed by atoms with Crippen LogP contribution in [0.5, 0.6) is 0 Å². The number of hydrogen-bond acceptors (Lipinski definition) is 3. The molecule has 0 spiro atoms. The smallest absolute Gasteiger partial charge is 0.164 e. The van der Waals surface area contributed by atoms with E-state index < -0.39 is 10.0 Å². The van der Waals surface area contributed by atoms with E-state index >= 15 is 4.39 Å². The molecule has 0 aliphatic carbocycles. The molecule has 4 aromatic carbocycles. The van der Waals surface area contributed by atoms with Crippen LogP contribution in [0.25, 0.3) is 55.4 Å². The summed E-state index contributed by atoms with van der Waals surface area (Å²) in [4.78, 5) is 7.39. The molecule has 6 aromatic rings. The highest BCUT2D eigenvalue weighted by Crippen LogP contribution is 2.67. The summed E-state index contributed by atoms with van der Waals surface area (Å²) in [6.07, 6.45) is 4.57. The number of para-hydroxylation sites is 1. The van der Waals surface area contributed by atoms with Crippen LogP contribution in [-0.2, 0) is 5.41 Å². The molecule has 0 N–H and O–H groups in total. The van der Waals surface area contributed by atoms with E-state index in [0.717, 1.165) is 27.5 Å². The van der Waals surface area contributed by atoms with Gasteiger partial charge in [-0.15, -0.1) is 0 Å². The van der Waals surface area contributed by atoms with Crippen molar-refractivity contribution in [3.63, 3.8) is 0 Å². The Morgan fingerprint density at radius 2 is 1.72 bits per heavy atom. The van der Waals surface area contributed by atoms with Gasteiger partial charge in [0.15, 0.2) is 7.85 Å². The molecule has 0 atom stereocenters. The Morgan fingerprint density at radius 1 is 0.953 bits per heavy atom. The van der Waals surface area contributed by atoms with Crippen LogP contribution in [0, 0.1) is 29.3 Å². The van der Waals surface area contributed by atoms with Crippen LogP contribution in [0.1, 0.15) is 31.9 Å². The fourth-order valence-corrected chi connectivity index (χ4v) is 9.15. The molecule has 1 aliphatic rings. The van der Waals surface area contributed by atoms with Crippen molar-refractivity contribution in [3.05, 3.63) is 89.7 Å². The Kier molecular flexibility index (Phi) is 5.91. The van der Waals surface area contributed by atoms with Crippen molar-refractivity contribution in [1.82, 2.24) is 4.98 Å². The first-order valence-corrected chi connectivity index (χ1v) is 16.7. The summed E-state index contributed by atoms with van der Waals surface area (Å²) in [5, 5.41) is 12.0. The molecule has 0 unspecified atom stereocenters. The van der Waals surface area contributed by atoms with Crippen molar-refractivity contribution in [2.45, 2.75) is 36.0 Å². The number of pyridine rings is 1. The first-order chi connectivity index (χ1) is 20.4. The Morgan fingerprint density at radius 3 is 2.47 bits per heavy atom. The van der Waals surface area contributed by atoms with Gasteiger partial charge in [-0.05, 0) is 70.9 Å². The van der Waals surface area contributed by atoms with Crippen LogP contribution < -0.4 is 11.1 Å². The predicted molar refractivity (Wildman–Crippen MR) is 181 cm³/mol. The van der Waals surface area contributed by atoms with E-state index in [9.17, 15) is 5.26 Å². The zero-order valence-corrected chi connectivity index (χ0v) is 26.2. The van der Waals surface area contributed by atoms with E-state index in [2.05, 4.69) is 55.0 Å². The standard InChI is InChI=1S/C36H29B2FN2OS/c1-36(2,3)29-31(39)30(37)32(41-35(29)38)25-11-8-10-23-24-16-14-20(18-40)28(34(24)42-33(23)25)19-13-15-22-21-9-6-7-12-26(21)43(4,5)27(22)17-19/h6,8-11,13-17H,37-38H2,1-5H3. The summed E-state index contributed by atoms with van der Waals surface area (Å²) in [7, 11) is 2.35. The summed E-state index contributed by atoms with van der Waals surface area (Å²) in [6.45, 7) is 6.01. The summed E-state index contributed by atoms with van der Waals surface area (Å²) in [5.74, 6) is -0.227. The third kappa shape index (κ3) is 3.88. The van der Waals surface area contributed by atoms with Gasteiger partial charge < -0.3 is 4.42 Å². The molecule has 7 rings (SSSR count). The molecular weight excluding hydrogens is 549 g/mol. The molecule has 0 amide bonds. The minimum atomic E-state index is -1.31. The lowest BCUT2D eigenvalue weighted by atomic mass is 9.76. The summed E-state index contributed by atoms with van der Waals surface area (Å²) >= 11 is 0. The molecule has 3 heterocycles. The molecular formula is C36H29B2FN2OS. The maximum absolute atomic E-state index is 15.9. The van der Waals surface area contributed by atoms with E-state index in [1.807, 2.05) is 65.0 Å². The lowest BCUT2D eigenvalue weighted by Crippen LogP contribution is -2.34. The average Bonchev–Trinajstić information content (AvgIpc) is 3.46. The largest absolute Gasteiger partial charge is 0.455 e. The number of benzene rings is 3. The van der Waals surface area contributed by atoms with Gasteiger partial charge in [-0.25, -0.2) is 4.39 Å².